The Morgan fingerprint density at radius 3 is 2.21 bits per heavy atom. The minimum absolute atomic E-state index is 0. The van der Waals surface area contributed by atoms with Crippen molar-refractivity contribution in [2.45, 2.75) is 38.8 Å². The maximum atomic E-state index is 12.1. The molecular weight excluding hydrogens is 563 g/mol. The van der Waals surface area contributed by atoms with E-state index < -0.39 is 6.36 Å². The van der Waals surface area contributed by atoms with Gasteiger partial charge in [0.25, 0.3) is 0 Å². The van der Waals surface area contributed by atoms with Gasteiger partial charge in [-0.2, -0.15) is 0 Å². The number of benzene rings is 2. The summed E-state index contributed by atoms with van der Waals surface area (Å²) < 4.78 is 40.2. The minimum Gasteiger partial charge on any atom is -0.454 e. The second-order valence-corrected chi connectivity index (χ2v) is 6.30. The third kappa shape index (κ3) is 8.50. The first-order valence-corrected chi connectivity index (χ1v) is 8.63. The molecule has 2 atom stereocenters. The van der Waals surface area contributed by atoms with Gasteiger partial charge in [-0.3, -0.25) is 0 Å². The molecule has 0 bridgehead atoms. The molecule has 8 heteroatoms. The van der Waals surface area contributed by atoms with Crippen molar-refractivity contribution in [3.05, 3.63) is 60.8 Å². The van der Waals surface area contributed by atoms with Gasteiger partial charge in [0.15, 0.2) is 0 Å². The van der Waals surface area contributed by atoms with Crippen LogP contribution in [-0.2, 0) is 20.1 Å². The number of fused-ring (bicyclic) bond motifs is 1. The molecule has 29 heavy (non-hydrogen) atoms. The number of nitrogens with zero attached hydrogens (tertiary/aromatic N) is 1. The van der Waals surface area contributed by atoms with E-state index >= 15 is 0 Å². The topological polar surface area (TPSA) is 62.6 Å². The smallest absolute Gasteiger partial charge is 0.454 e. The normalized spacial score (nSPS) is 12.9. The maximum Gasteiger partial charge on any atom is 0.564 e. The molecule has 4 nitrogen and oxygen atoms in total. The Labute approximate surface area is 180 Å². The van der Waals surface area contributed by atoms with E-state index in [-0.39, 0.29) is 38.1 Å². The molecule has 2 N–H and O–H groups in total. The van der Waals surface area contributed by atoms with E-state index in [1.165, 1.54) is 12.1 Å². The molecule has 3 rings (SSSR count). The molecule has 3 aromatic rings. The van der Waals surface area contributed by atoms with E-state index in [1.807, 2.05) is 30.3 Å². The molecule has 1 aromatic heterocycles. The average Bonchev–Trinajstić information content (AvgIpc) is 2.60. The summed E-state index contributed by atoms with van der Waals surface area (Å²) in [6.07, 6.45) is -3.32. The Morgan fingerprint density at radius 1 is 1.03 bits per heavy atom. The zero-order valence-electron chi connectivity index (χ0n) is 15.8. The number of hydrogen-bond donors (Lipinski definition) is 2. The number of halogens is 3. The zero-order valence-corrected chi connectivity index (χ0v) is 18.2. The van der Waals surface area contributed by atoms with Crippen LogP contribution in [0.25, 0.3) is 22.0 Å². The summed E-state index contributed by atoms with van der Waals surface area (Å²) in [5, 5.41) is 19.0. The Balaban J connectivity index is 0.000000456. The number of aromatic nitrogens is 1. The van der Waals surface area contributed by atoms with Crippen molar-refractivity contribution in [2.24, 2.45) is 0 Å². The van der Waals surface area contributed by atoms with E-state index in [1.54, 1.807) is 20.0 Å². The molecule has 0 saturated heterocycles. The second kappa shape index (κ2) is 11.3. The van der Waals surface area contributed by atoms with Crippen LogP contribution in [0.15, 0.2) is 54.7 Å². The van der Waals surface area contributed by atoms with Gasteiger partial charge in [-0.25, -0.2) is 0 Å². The molecule has 1 heterocycles. The van der Waals surface area contributed by atoms with Gasteiger partial charge >= 0.3 is 6.36 Å². The fraction of sp³-hybridized carbons (Fsp3) is 0.286. The molecular formula is C21H21F3IrNO3-. The van der Waals surface area contributed by atoms with E-state index in [2.05, 4.69) is 15.8 Å². The minimum atomic E-state index is -4.70. The third-order valence-electron chi connectivity index (χ3n) is 3.63. The van der Waals surface area contributed by atoms with Gasteiger partial charge in [0.05, 0.1) is 12.2 Å². The van der Waals surface area contributed by atoms with Crippen molar-refractivity contribution in [2.75, 3.05) is 0 Å². The van der Waals surface area contributed by atoms with Crippen LogP contribution in [-0.4, -0.2) is 33.8 Å². The van der Waals surface area contributed by atoms with Crippen LogP contribution in [0.5, 0.6) is 5.75 Å². The predicted octanol–water partition coefficient (Wildman–Crippen LogP) is 4.74. The van der Waals surface area contributed by atoms with Crippen molar-refractivity contribution >= 4 is 10.8 Å². The number of aliphatic hydroxyl groups is 2. The first kappa shape index (κ1) is 25.0. The van der Waals surface area contributed by atoms with Gasteiger partial charge in [-0.15, -0.1) is 43.0 Å². The Kier molecular flexibility index (Phi) is 9.73. The number of ether oxygens (including phenoxy) is 1. The average molecular weight is 585 g/mol. The molecule has 0 spiro atoms. The molecule has 0 amide bonds. The van der Waals surface area contributed by atoms with E-state index in [0.717, 1.165) is 16.8 Å². The second-order valence-electron chi connectivity index (χ2n) is 6.30. The van der Waals surface area contributed by atoms with E-state index in [9.17, 15) is 13.2 Å². The van der Waals surface area contributed by atoms with Crippen LogP contribution in [0.3, 0.4) is 0 Å². The standard InChI is InChI=1S/C16H9F3NO.C5H12O2.Ir/c17-16(18,19)21-13-7-5-12(6-8-13)15-14-4-2-1-3-11(14)9-10-20-15;1-4(6)3-5(2)7;/h1-5,7-10H;4-7H,3H2,1-2H3;/q-1;;. The molecule has 0 fully saturated rings. The van der Waals surface area contributed by atoms with Crippen LogP contribution in [0.2, 0.25) is 0 Å². The van der Waals surface area contributed by atoms with Crippen LogP contribution >= 0.6 is 0 Å². The number of rotatable bonds is 4. The molecule has 0 aliphatic carbocycles. The van der Waals surface area contributed by atoms with E-state index in [4.69, 9.17) is 10.2 Å². The maximum absolute atomic E-state index is 12.1. The zero-order chi connectivity index (χ0) is 20.7. The Hall–Kier alpha value is -1.99. The van der Waals surface area contributed by atoms with Crippen LogP contribution in [0, 0.1) is 6.07 Å². The Morgan fingerprint density at radius 2 is 1.69 bits per heavy atom. The van der Waals surface area contributed by atoms with Crippen LogP contribution < -0.4 is 4.74 Å². The van der Waals surface area contributed by atoms with Crippen LogP contribution in [0.1, 0.15) is 20.3 Å². The largest absolute Gasteiger partial charge is 0.564 e. The fourth-order valence-corrected chi connectivity index (χ4v) is 2.58. The molecule has 0 aliphatic rings. The number of hydrogen-bond acceptors (Lipinski definition) is 4. The summed E-state index contributed by atoms with van der Waals surface area (Å²) in [5.74, 6) is -0.300. The summed E-state index contributed by atoms with van der Waals surface area (Å²) in [4.78, 5) is 4.29. The fourth-order valence-electron chi connectivity index (χ4n) is 2.58. The first-order valence-electron chi connectivity index (χ1n) is 8.63. The molecule has 1 radical (unpaired) electrons. The van der Waals surface area contributed by atoms with Gasteiger partial charge in [-0.1, -0.05) is 24.3 Å². The van der Waals surface area contributed by atoms with Crippen molar-refractivity contribution in [1.82, 2.24) is 4.98 Å². The number of pyridine rings is 1. The molecule has 2 aromatic carbocycles. The summed E-state index contributed by atoms with van der Waals surface area (Å²) >= 11 is 0. The first-order chi connectivity index (χ1) is 13.2. The summed E-state index contributed by atoms with van der Waals surface area (Å²) in [6, 6.07) is 16.2. The third-order valence-corrected chi connectivity index (χ3v) is 3.63. The van der Waals surface area contributed by atoms with Crippen molar-refractivity contribution < 1.29 is 48.2 Å². The number of alkyl halides is 3. The molecule has 0 aliphatic heterocycles. The Bertz CT molecular complexity index is 873. The monoisotopic (exact) mass is 585 g/mol. The van der Waals surface area contributed by atoms with Gasteiger partial charge in [0.1, 0.15) is 0 Å². The summed E-state index contributed by atoms with van der Waals surface area (Å²) in [7, 11) is 0. The van der Waals surface area contributed by atoms with Gasteiger partial charge in [0.2, 0.25) is 0 Å². The van der Waals surface area contributed by atoms with E-state index in [0.29, 0.717) is 17.7 Å². The summed E-state index contributed by atoms with van der Waals surface area (Å²) in [6.45, 7) is 3.32. The summed E-state index contributed by atoms with van der Waals surface area (Å²) in [5.41, 5.74) is 1.29. The quantitative estimate of drug-likeness (QED) is 0.436. The molecule has 2 unspecified atom stereocenters. The van der Waals surface area contributed by atoms with Gasteiger partial charge in [-0.05, 0) is 42.8 Å². The van der Waals surface area contributed by atoms with Gasteiger partial charge < -0.3 is 19.9 Å². The molecule has 0 saturated carbocycles. The molecule has 159 valence electrons. The van der Waals surface area contributed by atoms with Crippen LogP contribution in [0.4, 0.5) is 13.2 Å². The predicted molar refractivity (Wildman–Crippen MR) is 101 cm³/mol. The van der Waals surface area contributed by atoms with Crippen molar-refractivity contribution in [3.8, 4) is 17.0 Å². The SMILES string of the molecule is CC(O)CC(C)O.FC(F)(F)Oc1c[c-]c(-c2nccc3ccccc23)cc1.[Ir]. The van der Waals surface area contributed by atoms with Crippen molar-refractivity contribution in [1.29, 1.82) is 0 Å². The number of aliphatic hydroxyl groups excluding tert-OH is 2. The van der Waals surface area contributed by atoms with Gasteiger partial charge in [0, 0.05) is 32.1 Å². The van der Waals surface area contributed by atoms with Crippen molar-refractivity contribution in [3.63, 3.8) is 0 Å².